The van der Waals surface area contributed by atoms with E-state index in [-0.39, 0.29) is 10.4 Å². The third-order valence-electron chi connectivity index (χ3n) is 1.17. The molecule has 0 aromatic heterocycles. The van der Waals surface area contributed by atoms with Gasteiger partial charge in [-0.3, -0.25) is 0 Å². The summed E-state index contributed by atoms with van der Waals surface area (Å²) in [5.41, 5.74) is -0.0285. The van der Waals surface area contributed by atoms with Crippen LogP contribution in [0.5, 0.6) is 0 Å². The average molecular weight is 170 g/mol. The minimum absolute atomic E-state index is 0.0108. The van der Waals surface area contributed by atoms with Gasteiger partial charge in [0.1, 0.15) is 13.7 Å². The van der Waals surface area contributed by atoms with Crippen LogP contribution in [-0.2, 0) is 11.1 Å². The molecule has 1 aromatic rings. The van der Waals surface area contributed by atoms with Crippen molar-refractivity contribution >= 4 is 24.4 Å². The van der Waals surface area contributed by atoms with Gasteiger partial charge >= 0.3 is 0 Å². The largest absolute Gasteiger partial charge is 0.302 e. The second-order valence-electron chi connectivity index (χ2n) is 1.93. The molecule has 0 saturated heterocycles. The summed E-state index contributed by atoms with van der Waals surface area (Å²) < 4.78 is 31.4. The summed E-state index contributed by atoms with van der Waals surface area (Å²) in [4.78, 5) is 0.0108. The van der Waals surface area contributed by atoms with Crippen molar-refractivity contribution in [1.29, 1.82) is 0 Å². The van der Waals surface area contributed by atoms with Gasteiger partial charge in [-0.2, -0.15) is 0 Å². The van der Waals surface area contributed by atoms with Crippen molar-refractivity contribution in [2.45, 2.75) is 4.90 Å². The maximum Gasteiger partial charge on any atom is 0.186 e. The number of hydrogen-bond acceptors (Lipinski definition) is 1. The number of hydrogen-bond donors (Lipinski definition) is 1. The summed E-state index contributed by atoms with van der Waals surface area (Å²) in [7, 11) is 5.13. The highest BCUT2D eigenvalue weighted by Crippen LogP contribution is 2.04. The van der Waals surface area contributed by atoms with Crippen molar-refractivity contribution in [1.82, 2.24) is 0 Å². The molecule has 0 aliphatic carbocycles. The van der Waals surface area contributed by atoms with Crippen LogP contribution in [0.25, 0.3) is 0 Å². The molecule has 2 radical (unpaired) electrons. The summed E-state index contributed by atoms with van der Waals surface area (Å²) in [5, 5.41) is 0. The van der Waals surface area contributed by atoms with Crippen molar-refractivity contribution < 1.29 is 13.2 Å². The molecule has 5 heteroatoms. The molecule has 1 rings (SSSR count). The third-order valence-corrected chi connectivity index (χ3v) is 1.83. The van der Waals surface area contributed by atoms with E-state index in [4.69, 9.17) is 12.4 Å². The van der Waals surface area contributed by atoms with E-state index in [9.17, 15) is 8.60 Å². The maximum atomic E-state index is 12.6. The summed E-state index contributed by atoms with van der Waals surface area (Å²) in [6.45, 7) is 0. The van der Waals surface area contributed by atoms with Crippen molar-refractivity contribution in [3.8, 4) is 0 Å². The molecule has 0 fully saturated rings. The maximum absolute atomic E-state index is 12.6. The Morgan fingerprint density at radius 1 is 1.55 bits per heavy atom. The van der Waals surface area contributed by atoms with Crippen molar-refractivity contribution in [3.05, 3.63) is 24.0 Å². The Balaban J connectivity index is 3.15. The van der Waals surface area contributed by atoms with E-state index >= 15 is 0 Å². The lowest BCUT2D eigenvalue weighted by Gasteiger charge is -1.97. The van der Waals surface area contributed by atoms with E-state index in [1.807, 2.05) is 0 Å². The molecule has 0 heterocycles. The lowest BCUT2D eigenvalue weighted by Crippen LogP contribution is -2.08. The molecular formula is C6H4BFO2S. The average Bonchev–Trinajstić information content (AvgIpc) is 1.94. The van der Waals surface area contributed by atoms with Gasteiger partial charge in [-0.25, -0.2) is 8.60 Å². The molecule has 1 atom stereocenters. The van der Waals surface area contributed by atoms with Crippen LogP contribution >= 0.6 is 0 Å². The predicted molar refractivity (Wildman–Crippen MR) is 40.8 cm³/mol. The van der Waals surface area contributed by atoms with Crippen molar-refractivity contribution in [3.63, 3.8) is 0 Å². The van der Waals surface area contributed by atoms with Gasteiger partial charge < -0.3 is 4.55 Å². The monoisotopic (exact) mass is 170 g/mol. The molecule has 0 spiro atoms. The minimum Gasteiger partial charge on any atom is -0.302 e. The van der Waals surface area contributed by atoms with Gasteiger partial charge in [-0.1, -0.05) is 11.5 Å². The zero-order valence-corrected chi connectivity index (χ0v) is 6.27. The van der Waals surface area contributed by atoms with E-state index < -0.39 is 16.9 Å². The van der Waals surface area contributed by atoms with Crippen LogP contribution in [0.2, 0.25) is 0 Å². The highest BCUT2D eigenvalue weighted by Gasteiger charge is 2.02. The second kappa shape index (κ2) is 3.15. The molecule has 56 valence electrons. The summed E-state index contributed by atoms with van der Waals surface area (Å²) in [5.74, 6) is -0.676. The first-order valence-corrected chi connectivity index (χ1v) is 3.88. The molecule has 0 amide bonds. The van der Waals surface area contributed by atoms with Gasteiger partial charge in [-0.05, 0) is 12.1 Å². The van der Waals surface area contributed by atoms with Gasteiger partial charge in [-0.15, -0.1) is 0 Å². The van der Waals surface area contributed by atoms with Crippen LogP contribution in [0.4, 0.5) is 4.39 Å². The lowest BCUT2D eigenvalue weighted by atomic mass is 9.96. The first-order valence-electron chi connectivity index (χ1n) is 2.77. The fourth-order valence-corrected chi connectivity index (χ4v) is 1.01. The van der Waals surface area contributed by atoms with Crippen LogP contribution in [0.15, 0.2) is 23.1 Å². The Bertz CT molecular complexity index is 303. The SMILES string of the molecule is [B]c1ccc(S(=O)O)cc1F. The molecule has 2 nitrogen and oxygen atoms in total. The van der Waals surface area contributed by atoms with Crippen molar-refractivity contribution in [2.24, 2.45) is 0 Å². The van der Waals surface area contributed by atoms with E-state index in [1.54, 1.807) is 0 Å². The zero-order chi connectivity index (χ0) is 8.43. The summed E-state index contributed by atoms with van der Waals surface area (Å²) >= 11 is -2.14. The number of halogens is 1. The predicted octanol–water partition coefficient (Wildman–Crippen LogP) is 0.200. The highest BCUT2D eigenvalue weighted by molar-refractivity contribution is 7.79. The van der Waals surface area contributed by atoms with Gasteiger partial charge in [0.05, 0.1) is 4.90 Å². The van der Waals surface area contributed by atoms with Crippen LogP contribution in [0.1, 0.15) is 0 Å². The smallest absolute Gasteiger partial charge is 0.186 e. The molecule has 0 aliphatic rings. The molecule has 0 bridgehead atoms. The Hall–Kier alpha value is -0.675. The normalized spacial score (nSPS) is 12.9. The van der Waals surface area contributed by atoms with Crippen LogP contribution in [0, 0.1) is 5.82 Å². The van der Waals surface area contributed by atoms with Crippen LogP contribution in [0.3, 0.4) is 0 Å². The van der Waals surface area contributed by atoms with Crippen LogP contribution in [-0.4, -0.2) is 16.6 Å². The summed E-state index contributed by atoms with van der Waals surface area (Å²) in [6.07, 6.45) is 0. The standard InChI is InChI=1S/C6H4BFO2S/c7-5-2-1-4(11(9)10)3-6(5)8/h1-3H,(H,9,10). The minimum atomic E-state index is -2.14. The van der Waals surface area contributed by atoms with Gasteiger partial charge in [0.2, 0.25) is 0 Å². The van der Waals surface area contributed by atoms with Crippen molar-refractivity contribution in [2.75, 3.05) is 0 Å². The number of rotatable bonds is 1. The van der Waals surface area contributed by atoms with Gasteiger partial charge in [0.15, 0.2) is 11.1 Å². The van der Waals surface area contributed by atoms with E-state index in [0.29, 0.717) is 0 Å². The fourth-order valence-electron chi connectivity index (χ4n) is 0.616. The first kappa shape index (κ1) is 8.42. The molecule has 0 aliphatic heterocycles. The fraction of sp³-hybridized carbons (Fsp3) is 0. The number of benzene rings is 1. The Morgan fingerprint density at radius 2 is 2.18 bits per heavy atom. The molecule has 11 heavy (non-hydrogen) atoms. The van der Waals surface area contributed by atoms with E-state index in [1.165, 1.54) is 12.1 Å². The molecule has 1 N–H and O–H groups in total. The van der Waals surface area contributed by atoms with Gasteiger partial charge in [0, 0.05) is 0 Å². The molecular weight excluding hydrogens is 166 g/mol. The second-order valence-corrected chi connectivity index (χ2v) is 2.90. The zero-order valence-electron chi connectivity index (χ0n) is 5.45. The Kier molecular flexibility index (Phi) is 2.41. The first-order chi connectivity index (χ1) is 5.11. The molecule has 0 saturated carbocycles. The van der Waals surface area contributed by atoms with Crippen LogP contribution < -0.4 is 5.46 Å². The Labute approximate surface area is 67.1 Å². The lowest BCUT2D eigenvalue weighted by molar-refractivity contribution is 0.562. The topological polar surface area (TPSA) is 37.3 Å². The van der Waals surface area contributed by atoms with E-state index in [2.05, 4.69) is 0 Å². The molecule has 1 unspecified atom stereocenters. The molecule has 1 aromatic carbocycles. The summed E-state index contributed by atoms with van der Waals surface area (Å²) in [6, 6.07) is 3.48. The van der Waals surface area contributed by atoms with Gasteiger partial charge in [0.25, 0.3) is 0 Å². The van der Waals surface area contributed by atoms with E-state index in [0.717, 1.165) is 6.07 Å². The highest BCUT2D eigenvalue weighted by atomic mass is 32.2. The Morgan fingerprint density at radius 3 is 2.64 bits per heavy atom. The third kappa shape index (κ3) is 1.88. The quantitative estimate of drug-likeness (QED) is 0.482.